The third kappa shape index (κ3) is 3.12. The number of aromatic nitrogens is 2. The zero-order valence-corrected chi connectivity index (χ0v) is 11.9. The molecule has 0 spiro atoms. The highest BCUT2D eigenvalue weighted by Gasteiger charge is 2.27. The second-order valence-electron chi connectivity index (χ2n) is 5.39. The van der Waals surface area contributed by atoms with Crippen molar-refractivity contribution < 1.29 is 0 Å². The first-order valence-electron chi connectivity index (χ1n) is 6.97. The highest BCUT2D eigenvalue weighted by molar-refractivity contribution is 5.50. The van der Waals surface area contributed by atoms with E-state index in [2.05, 4.69) is 54.1 Å². The van der Waals surface area contributed by atoms with Gasteiger partial charge in [0.05, 0.1) is 0 Å². The zero-order valence-electron chi connectivity index (χ0n) is 11.9. The van der Waals surface area contributed by atoms with Gasteiger partial charge >= 0.3 is 0 Å². The van der Waals surface area contributed by atoms with Crippen molar-refractivity contribution >= 4 is 11.6 Å². The van der Waals surface area contributed by atoms with Gasteiger partial charge < -0.3 is 10.2 Å². The van der Waals surface area contributed by atoms with Gasteiger partial charge in [0.25, 0.3) is 0 Å². The number of hydrogen-bond donors (Lipinski definition) is 1. The molecule has 0 aliphatic heterocycles. The highest BCUT2D eigenvalue weighted by atomic mass is 15.2. The molecule has 2 rings (SSSR count). The van der Waals surface area contributed by atoms with Gasteiger partial charge in [0, 0.05) is 31.6 Å². The maximum Gasteiger partial charge on any atom is 0.135 e. The van der Waals surface area contributed by atoms with Crippen LogP contribution in [-0.4, -0.2) is 29.6 Å². The molecule has 0 aromatic carbocycles. The summed E-state index contributed by atoms with van der Waals surface area (Å²) in [6, 6.07) is 2.75. The average molecular weight is 248 g/mol. The maximum atomic E-state index is 4.68. The summed E-state index contributed by atoms with van der Waals surface area (Å²) in [5, 5.41) is 3.37. The first-order chi connectivity index (χ1) is 8.61. The van der Waals surface area contributed by atoms with Crippen LogP contribution in [-0.2, 0) is 0 Å². The van der Waals surface area contributed by atoms with E-state index in [4.69, 9.17) is 0 Å². The minimum absolute atomic E-state index is 0.361. The molecule has 1 aliphatic carbocycles. The van der Waals surface area contributed by atoms with E-state index in [9.17, 15) is 0 Å². The number of anilines is 2. The van der Waals surface area contributed by atoms with Gasteiger partial charge in [0.15, 0.2) is 0 Å². The Balaban J connectivity index is 2.23. The van der Waals surface area contributed by atoms with E-state index in [0.29, 0.717) is 12.0 Å². The van der Waals surface area contributed by atoms with Gasteiger partial charge in [0.1, 0.15) is 17.5 Å². The first kappa shape index (κ1) is 13.1. The minimum atomic E-state index is 0.361. The van der Waals surface area contributed by atoms with Crippen molar-refractivity contribution in [2.45, 2.75) is 52.0 Å². The Morgan fingerprint density at radius 2 is 2.11 bits per heavy atom. The van der Waals surface area contributed by atoms with Crippen LogP contribution in [0, 0.1) is 0 Å². The molecule has 1 saturated carbocycles. The predicted molar refractivity (Wildman–Crippen MR) is 76.3 cm³/mol. The lowest BCUT2D eigenvalue weighted by atomic mass is 10.2. The summed E-state index contributed by atoms with van der Waals surface area (Å²) in [5.41, 5.74) is 0. The molecule has 100 valence electrons. The molecule has 0 unspecified atom stereocenters. The maximum absolute atomic E-state index is 4.68. The van der Waals surface area contributed by atoms with Gasteiger partial charge in [-0.1, -0.05) is 20.8 Å². The van der Waals surface area contributed by atoms with E-state index in [1.54, 1.807) is 0 Å². The average Bonchev–Trinajstić information content (AvgIpc) is 3.19. The summed E-state index contributed by atoms with van der Waals surface area (Å²) in [6.07, 6.45) is 3.68. The van der Waals surface area contributed by atoms with E-state index in [0.717, 1.165) is 30.4 Å². The number of hydrogen-bond acceptors (Lipinski definition) is 4. The Morgan fingerprint density at radius 3 is 2.67 bits per heavy atom. The molecule has 1 aromatic heterocycles. The highest BCUT2D eigenvalue weighted by Crippen LogP contribution is 2.30. The molecule has 0 radical (unpaired) electrons. The molecule has 4 heteroatoms. The van der Waals surface area contributed by atoms with Crippen LogP contribution >= 0.6 is 0 Å². The van der Waals surface area contributed by atoms with Crippen molar-refractivity contribution in [3.63, 3.8) is 0 Å². The van der Waals surface area contributed by atoms with E-state index in [1.165, 1.54) is 12.8 Å². The van der Waals surface area contributed by atoms with Crippen LogP contribution in [0.4, 0.5) is 11.6 Å². The Morgan fingerprint density at radius 1 is 1.39 bits per heavy atom. The number of nitrogens with zero attached hydrogens (tertiary/aromatic N) is 3. The Hall–Kier alpha value is -1.32. The molecule has 0 atom stereocenters. The molecule has 0 bridgehead atoms. The monoisotopic (exact) mass is 248 g/mol. The number of nitrogens with one attached hydrogen (secondary N) is 1. The van der Waals surface area contributed by atoms with Gasteiger partial charge in [-0.05, 0) is 19.3 Å². The quantitative estimate of drug-likeness (QED) is 0.840. The van der Waals surface area contributed by atoms with Crippen LogP contribution in [0.2, 0.25) is 0 Å². The topological polar surface area (TPSA) is 41.0 Å². The summed E-state index contributed by atoms with van der Waals surface area (Å²) in [6.45, 7) is 7.40. The molecule has 4 nitrogen and oxygen atoms in total. The van der Waals surface area contributed by atoms with Crippen molar-refractivity contribution in [2.24, 2.45) is 0 Å². The molecule has 0 amide bonds. The third-order valence-corrected chi connectivity index (χ3v) is 3.26. The second kappa shape index (κ2) is 5.55. The Kier molecular flexibility index (Phi) is 4.04. The standard InChI is InChI=1S/C14H24N4/c1-5-8-15-12-9-13(18(4)11-6-7-11)17-14(16-12)10(2)3/h9-11H,5-8H2,1-4H3,(H,15,16,17). The van der Waals surface area contributed by atoms with Crippen LogP contribution in [0.25, 0.3) is 0 Å². The van der Waals surface area contributed by atoms with Crippen LogP contribution in [0.1, 0.15) is 51.8 Å². The summed E-state index contributed by atoms with van der Waals surface area (Å²) in [4.78, 5) is 11.5. The predicted octanol–water partition coefficient (Wildman–Crippen LogP) is 3.02. The van der Waals surface area contributed by atoms with Gasteiger partial charge in [-0.15, -0.1) is 0 Å². The fraction of sp³-hybridized carbons (Fsp3) is 0.714. The minimum Gasteiger partial charge on any atom is -0.370 e. The lowest BCUT2D eigenvalue weighted by Crippen LogP contribution is -2.22. The summed E-state index contributed by atoms with van der Waals surface area (Å²) in [5.74, 6) is 3.30. The molecule has 1 fully saturated rings. The third-order valence-electron chi connectivity index (χ3n) is 3.26. The molecule has 1 heterocycles. The van der Waals surface area contributed by atoms with Crippen molar-refractivity contribution in [1.29, 1.82) is 0 Å². The van der Waals surface area contributed by atoms with E-state index >= 15 is 0 Å². The second-order valence-corrected chi connectivity index (χ2v) is 5.39. The molecule has 18 heavy (non-hydrogen) atoms. The smallest absolute Gasteiger partial charge is 0.135 e. The lowest BCUT2D eigenvalue weighted by molar-refractivity contribution is 0.761. The van der Waals surface area contributed by atoms with Gasteiger partial charge in [-0.25, -0.2) is 9.97 Å². The molecule has 1 N–H and O–H groups in total. The Labute approximate surface area is 110 Å². The SMILES string of the molecule is CCCNc1cc(N(C)C2CC2)nc(C(C)C)n1. The first-order valence-corrected chi connectivity index (χ1v) is 6.97. The van der Waals surface area contributed by atoms with Crippen molar-refractivity contribution in [3.8, 4) is 0 Å². The fourth-order valence-corrected chi connectivity index (χ4v) is 1.88. The molecule has 1 aliphatic rings. The largest absolute Gasteiger partial charge is 0.370 e. The van der Waals surface area contributed by atoms with Crippen LogP contribution in [0.3, 0.4) is 0 Å². The lowest BCUT2D eigenvalue weighted by Gasteiger charge is -2.20. The normalized spacial score (nSPS) is 14.9. The fourth-order valence-electron chi connectivity index (χ4n) is 1.88. The van der Waals surface area contributed by atoms with Crippen molar-refractivity contribution in [3.05, 3.63) is 11.9 Å². The van der Waals surface area contributed by atoms with Crippen LogP contribution in [0.5, 0.6) is 0 Å². The van der Waals surface area contributed by atoms with E-state index in [1.807, 2.05) is 0 Å². The van der Waals surface area contributed by atoms with Gasteiger partial charge in [-0.3, -0.25) is 0 Å². The zero-order chi connectivity index (χ0) is 13.1. The molecule has 0 saturated heterocycles. The van der Waals surface area contributed by atoms with Crippen LogP contribution < -0.4 is 10.2 Å². The molecular formula is C14H24N4. The van der Waals surface area contributed by atoms with E-state index in [-0.39, 0.29) is 0 Å². The Bertz CT molecular complexity index is 399. The molecule has 1 aromatic rings. The summed E-state index contributed by atoms with van der Waals surface area (Å²) >= 11 is 0. The van der Waals surface area contributed by atoms with Crippen molar-refractivity contribution in [2.75, 3.05) is 23.8 Å². The summed E-state index contributed by atoms with van der Waals surface area (Å²) < 4.78 is 0. The number of rotatable bonds is 6. The van der Waals surface area contributed by atoms with Crippen LogP contribution in [0.15, 0.2) is 6.07 Å². The van der Waals surface area contributed by atoms with Gasteiger partial charge in [0.2, 0.25) is 0 Å². The molecular weight excluding hydrogens is 224 g/mol. The van der Waals surface area contributed by atoms with Crippen molar-refractivity contribution in [1.82, 2.24) is 9.97 Å². The summed E-state index contributed by atoms with van der Waals surface area (Å²) in [7, 11) is 2.13. The van der Waals surface area contributed by atoms with Gasteiger partial charge in [-0.2, -0.15) is 0 Å². The van der Waals surface area contributed by atoms with E-state index < -0.39 is 0 Å².